The molecular weight excluding hydrogens is 222 g/mol. The van der Waals surface area contributed by atoms with Crippen molar-refractivity contribution in [3.05, 3.63) is 47.0 Å². The average molecular weight is 235 g/mol. The third kappa shape index (κ3) is 2.80. The van der Waals surface area contributed by atoms with Gasteiger partial charge in [-0.25, -0.2) is 4.98 Å². The van der Waals surface area contributed by atoms with Gasteiger partial charge in [-0.1, -0.05) is 36.0 Å². The number of thiazole rings is 1. The van der Waals surface area contributed by atoms with Crippen LogP contribution in [0, 0.1) is 0 Å². The fourth-order valence-electron chi connectivity index (χ4n) is 1.10. The summed E-state index contributed by atoms with van der Waals surface area (Å²) < 4.78 is 0. The zero-order valence-electron chi connectivity index (χ0n) is 8.92. The van der Waals surface area contributed by atoms with Crippen molar-refractivity contribution in [2.45, 2.75) is 6.92 Å². The van der Waals surface area contributed by atoms with Crippen molar-refractivity contribution in [1.82, 2.24) is 4.98 Å². The Balaban J connectivity index is 3.08. The van der Waals surface area contributed by atoms with Crippen molar-refractivity contribution in [2.24, 2.45) is 10.9 Å². The van der Waals surface area contributed by atoms with Crippen LogP contribution in [-0.2, 0) is 0 Å². The molecule has 0 aliphatic heterocycles. The van der Waals surface area contributed by atoms with E-state index in [1.165, 1.54) is 11.3 Å². The normalized spacial score (nSPS) is 13.3. The summed E-state index contributed by atoms with van der Waals surface area (Å²) >= 11 is 1.33. The molecule has 0 aromatic carbocycles. The molecule has 5 heteroatoms. The highest BCUT2D eigenvalue weighted by Crippen LogP contribution is 2.19. The largest absolute Gasteiger partial charge is 0.409 e. The van der Waals surface area contributed by atoms with Crippen LogP contribution in [0.25, 0.3) is 5.57 Å². The van der Waals surface area contributed by atoms with Crippen molar-refractivity contribution in [3.63, 3.8) is 0 Å². The lowest BCUT2D eigenvalue weighted by Crippen LogP contribution is -2.12. The van der Waals surface area contributed by atoms with Crippen LogP contribution in [0.4, 0.5) is 0 Å². The van der Waals surface area contributed by atoms with Crippen LogP contribution in [0.15, 0.2) is 41.4 Å². The molecule has 1 heterocycles. The van der Waals surface area contributed by atoms with Gasteiger partial charge in [-0.05, 0) is 6.92 Å². The van der Waals surface area contributed by atoms with Crippen LogP contribution in [0.3, 0.4) is 0 Å². The summed E-state index contributed by atoms with van der Waals surface area (Å²) in [5.41, 5.74) is 7.16. The molecule has 1 aromatic rings. The van der Waals surface area contributed by atoms with Gasteiger partial charge in [-0.3, -0.25) is 0 Å². The van der Waals surface area contributed by atoms with Crippen LogP contribution in [0.5, 0.6) is 0 Å². The SMILES string of the molecule is C=C/C=C(\C=C/C)c1csc(/C(N)=N/O)n1. The van der Waals surface area contributed by atoms with E-state index in [0.29, 0.717) is 5.01 Å². The fraction of sp³-hybridized carbons (Fsp3) is 0.0909. The minimum Gasteiger partial charge on any atom is -0.409 e. The van der Waals surface area contributed by atoms with E-state index in [-0.39, 0.29) is 5.84 Å². The summed E-state index contributed by atoms with van der Waals surface area (Å²) in [5, 5.41) is 13.8. The second kappa shape index (κ2) is 5.87. The van der Waals surface area contributed by atoms with Gasteiger partial charge in [0.05, 0.1) is 5.69 Å². The van der Waals surface area contributed by atoms with E-state index in [0.717, 1.165) is 11.3 Å². The Labute approximate surface area is 98.1 Å². The fourth-order valence-corrected chi connectivity index (χ4v) is 1.82. The second-order valence-electron chi connectivity index (χ2n) is 2.88. The number of nitrogens with zero attached hydrogens (tertiary/aromatic N) is 2. The van der Waals surface area contributed by atoms with Crippen molar-refractivity contribution < 1.29 is 5.21 Å². The van der Waals surface area contributed by atoms with E-state index in [4.69, 9.17) is 10.9 Å². The highest BCUT2D eigenvalue weighted by atomic mass is 32.1. The maximum atomic E-state index is 8.53. The minimum atomic E-state index is 0.0229. The topological polar surface area (TPSA) is 71.5 Å². The van der Waals surface area contributed by atoms with E-state index in [2.05, 4.69) is 16.7 Å². The van der Waals surface area contributed by atoms with E-state index in [9.17, 15) is 0 Å². The molecule has 0 atom stereocenters. The van der Waals surface area contributed by atoms with Gasteiger partial charge in [0.15, 0.2) is 10.8 Å². The number of amidine groups is 1. The van der Waals surface area contributed by atoms with Gasteiger partial charge in [0.1, 0.15) is 0 Å². The van der Waals surface area contributed by atoms with Gasteiger partial charge in [-0.2, -0.15) is 0 Å². The molecule has 1 rings (SSSR count). The summed E-state index contributed by atoms with van der Waals surface area (Å²) in [6.45, 7) is 5.57. The zero-order chi connectivity index (χ0) is 12.0. The molecule has 4 nitrogen and oxygen atoms in total. The van der Waals surface area contributed by atoms with Gasteiger partial charge < -0.3 is 10.9 Å². The van der Waals surface area contributed by atoms with Gasteiger partial charge in [-0.15, -0.1) is 11.3 Å². The smallest absolute Gasteiger partial charge is 0.199 e. The Morgan fingerprint density at radius 3 is 3.00 bits per heavy atom. The summed E-state index contributed by atoms with van der Waals surface area (Å²) in [5.74, 6) is 0.0229. The first-order valence-corrected chi connectivity index (χ1v) is 5.50. The molecule has 16 heavy (non-hydrogen) atoms. The number of rotatable bonds is 4. The maximum absolute atomic E-state index is 8.53. The Morgan fingerprint density at radius 1 is 1.69 bits per heavy atom. The zero-order valence-corrected chi connectivity index (χ0v) is 9.74. The number of allylic oxidation sites excluding steroid dienone is 5. The lowest BCUT2D eigenvalue weighted by atomic mass is 10.2. The highest BCUT2D eigenvalue weighted by molar-refractivity contribution is 7.11. The molecule has 0 bridgehead atoms. The molecule has 0 fully saturated rings. The number of hydrogen-bond acceptors (Lipinski definition) is 4. The number of aromatic nitrogens is 1. The predicted octanol–water partition coefficient (Wildman–Crippen LogP) is 2.38. The van der Waals surface area contributed by atoms with Crippen LogP contribution in [0.1, 0.15) is 17.6 Å². The van der Waals surface area contributed by atoms with Crippen LogP contribution in [-0.4, -0.2) is 16.0 Å². The van der Waals surface area contributed by atoms with Crippen LogP contribution >= 0.6 is 11.3 Å². The first-order chi connectivity index (χ1) is 7.72. The average Bonchev–Trinajstić information content (AvgIpc) is 2.77. The summed E-state index contributed by atoms with van der Waals surface area (Å²) in [6, 6.07) is 0. The Kier molecular flexibility index (Phi) is 4.47. The van der Waals surface area contributed by atoms with E-state index in [1.807, 2.05) is 30.5 Å². The molecule has 1 aromatic heterocycles. The van der Waals surface area contributed by atoms with E-state index in [1.54, 1.807) is 6.08 Å². The summed E-state index contributed by atoms with van der Waals surface area (Å²) in [7, 11) is 0. The monoisotopic (exact) mass is 235 g/mol. The number of oxime groups is 1. The maximum Gasteiger partial charge on any atom is 0.199 e. The molecule has 0 radical (unpaired) electrons. The standard InChI is InChI=1S/C11H13N3OS/c1-3-5-8(6-4-2)9-7-16-11(13-9)10(12)14-15/h3-7,15H,1H2,2H3,(H2,12,14)/b6-4-,8-5+. The van der Waals surface area contributed by atoms with Crippen LogP contribution < -0.4 is 5.73 Å². The molecule has 0 aliphatic rings. The predicted molar refractivity (Wildman–Crippen MR) is 67.6 cm³/mol. The van der Waals surface area contributed by atoms with Crippen molar-refractivity contribution >= 4 is 22.7 Å². The molecule has 0 aliphatic carbocycles. The number of hydrogen-bond donors (Lipinski definition) is 2. The summed E-state index contributed by atoms with van der Waals surface area (Å²) in [6.07, 6.45) is 7.38. The van der Waals surface area contributed by atoms with E-state index >= 15 is 0 Å². The van der Waals surface area contributed by atoms with Gasteiger partial charge in [0, 0.05) is 11.0 Å². The molecular formula is C11H13N3OS. The highest BCUT2D eigenvalue weighted by Gasteiger charge is 2.07. The van der Waals surface area contributed by atoms with Gasteiger partial charge in [0.2, 0.25) is 0 Å². The molecule has 84 valence electrons. The van der Waals surface area contributed by atoms with Gasteiger partial charge in [0.25, 0.3) is 0 Å². The Morgan fingerprint density at radius 2 is 2.44 bits per heavy atom. The summed E-state index contributed by atoms with van der Waals surface area (Å²) in [4.78, 5) is 4.25. The van der Waals surface area contributed by atoms with Gasteiger partial charge >= 0.3 is 0 Å². The Bertz CT molecular complexity index is 458. The lowest BCUT2D eigenvalue weighted by molar-refractivity contribution is 0.318. The quantitative estimate of drug-likeness (QED) is 0.277. The second-order valence-corrected chi connectivity index (χ2v) is 3.74. The minimum absolute atomic E-state index is 0.0229. The first kappa shape index (κ1) is 12.2. The van der Waals surface area contributed by atoms with Crippen molar-refractivity contribution in [1.29, 1.82) is 0 Å². The number of nitrogens with two attached hydrogens (primary N) is 1. The molecule has 0 saturated heterocycles. The third-order valence-electron chi connectivity index (χ3n) is 1.77. The lowest BCUT2D eigenvalue weighted by Gasteiger charge is -1.95. The molecule has 0 unspecified atom stereocenters. The van der Waals surface area contributed by atoms with Crippen molar-refractivity contribution in [3.8, 4) is 0 Å². The molecule has 0 saturated carbocycles. The molecule has 3 N–H and O–H groups in total. The van der Waals surface area contributed by atoms with E-state index < -0.39 is 0 Å². The first-order valence-electron chi connectivity index (χ1n) is 4.62. The molecule has 0 spiro atoms. The third-order valence-corrected chi connectivity index (χ3v) is 2.64. The Hall–Kier alpha value is -1.88. The van der Waals surface area contributed by atoms with Crippen molar-refractivity contribution in [2.75, 3.05) is 0 Å². The van der Waals surface area contributed by atoms with Crippen LogP contribution in [0.2, 0.25) is 0 Å². The molecule has 0 amide bonds.